The maximum absolute atomic E-state index is 11.5. The summed E-state index contributed by atoms with van der Waals surface area (Å²) in [4.78, 5) is 14.4. The van der Waals surface area contributed by atoms with Crippen LogP contribution in [0.3, 0.4) is 0 Å². The summed E-state index contributed by atoms with van der Waals surface area (Å²) in [7, 11) is 0. The van der Waals surface area contributed by atoms with Crippen molar-refractivity contribution in [3.05, 3.63) is 33.9 Å². The Kier molecular flexibility index (Phi) is 3.08. The topological polar surface area (TPSA) is 42.1 Å². The molecule has 0 amide bonds. The van der Waals surface area contributed by atoms with Gasteiger partial charge in [-0.25, -0.2) is 4.79 Å². The summed E-state index contributed by atoms with van der Waals surface area (Å²) < 4.78 is 4.88. The maximum Gasteiger partial charge on any atom is 0.354 e. The quantitative estimate of drug-likeness (QED) is 0.835. The molecule has 0 fully saturated rings. The third-order valence-electron chi connectivity index (χ3n) is 2.19. The minimum absolute atomic E-state index is 0.329. The molecule has 0 aliphatic carbocycles. The van der Waals surface area contributed by atoms with Gasteiger partial charge in [0.1, 0.15) is 5.69 Å². The predicted octanol–water partition coefficient (Wildman–Crippen LogP) is 3.65. The highest BCUT2D eigenvalue weighted by molar-refractivity contribution is 6.40. The second kappa shape index (κ2) is 4.36. The minimum Gasteiger partial charge on any atom is -0.461 e. The number of aromatic nitrogens is 1. The van der Waals surface area contributed by atoms with Crippen LogP contribution in [-0.4, -0.2) is 17.6 Å². The summed E-state index contributed by atoms with van der Waals surface area (Å²) in [6.07, 6.45) is 0. The van der Waals surface area contributed by atoms with Gasteiger partial charge in [0.05, 0.1) is 22.2 Å². The number of hydrogen-bond donors (Lipinski definition) is 1. The van der Waals surface area contributed by atoms with Crippen molar-refractivity contribution in [1.82, 2.24) is 4.98 Å². The number of H-pyrrole nitrogens is 1. The van der Waals surface area contributed by atoms with E-state index in [9.17, 15) is 4.79 Å². The Balaban J connectivity index is 2.55. The molecule has 16 heavy (non-hydrogen) atoms. The van der Waals surface area contributed by atoms with E-state index in [2.05, 4.69) is 4.98 Å². The Morgan fingerprint density at radius 3 is 2.69 bits per heavy atom. The van der Waals surface area contributed by atoms with Crippen LogP contribution < -0.4 is 0 Å². The predicted molar refractivity (Wildman–Crippen MR) is 64.3 cm³/mol. The molecule has 2 aromatic rings. The van der Waals surface area contributed by atoms with Crippen molar-refractivity contribution in [3.8, 4) is 0 Å². The molecular weight excluding hydrogens is 249 g/mol. The Labute approximate surface area is 102 Å². The van der Waals surface area contributed by atoms with Gasteiger partial charge in [-0.2, -0.15) is 0 Å². The number of hydrogen-bond acceptors (Lipinski definition) is 2. The average Bonchev–Trinajstić information content (AvgIpc) is 2.70. The first-order chi connectivity index (χ1) is 7.63. The largest absolute Gasteiger partial charge is 0.461 e. The normalized spacial score (nSPS) is 10.7. The van der Waals surface area contributed by atoms with Gasteiger partial charge in [-0.05, 0) is 25.1 Å². The first-order valence-electron chi connectivity index (χ1n) is 4.77. The molecule has 84 valence electrons. The molecular formula is C11H9Cl2NO2. The molecule has 0 atom stereocenters. The summed E-state index contributed by atoms with van der Waals surface area (Å²) in [6, 6.07) is 5.01. The summed E-state index contributed by atoms with van der Waals surface area (Å²) in [5.41, 5.74) is 1.00. The van der Waals surface area contributed by atoms with Crippen LogP contribution in [-0.2, 0) is 4.74 Å². The second-order valence-electron chi connectivity index (χ2n) is 3.22. The number of benzene rings is 1. The summed E-state index contributed by atoms with van der Waals surface area (Å²) in [6.45, 7) is 2.08. The molecule has 0 radical (unpaired) electrons. The van der Waals surface area contributed by atoms with Crippen LogP contribution in [0.5, 0.6) is 0 Å². The van der Waals surface area contributed by atoms with Crippen molar-refractivity contribution in [1.29, 1.82) is 0 Å². The molecule has 1 heterocycles. The van der Waals surface area contributed by atoms with Crippen molar-refractivity contribution in [2.24, 2.45) is 0 Å². The van der Waals surface area contributed by atoms with Crippen molar-refractivity contribution in [2.75, 3.05) is 6.61 Å². The van der Waals surface area contributed by atoms with Crippen molar-refractivity contribution in [3.63, 3.8) is 0 Å². The number of carbonyl (C=O) groups is 1. The zero-order valence-electron chi connectivity index (χ0n) is 8.51. The van der Waals surface area contributed by atoms with E-state index in [1.54, 1.807) is 25.1 Å². The van der Waals surface area contributed by atoms with E-state index in [0.717, 1.165) is 5.39 Å². The number of aromatic amines is 1. The fourth-order valence-electron chi connectivity index (χ4n) is 1.47. The lowest BCUT2D eigenvalue weighted by molar-refractivity contribution is 0.0520. The number of rotatable bonds is 2. The van der Waals surface area contributed by atoms with Gasteiger partial charge >= 0.3 is 5.97 Å². The summed E-state index contributed by atoms with van der Waals surface area (Å²) >= 11 is 12.0. The zero-order valence-corrected chi connectivity index (χ0v) is 10.0. The smallest absolute Gasteiger partial charge is 0.354 e. The number of fused-ring (bicyclic) bond motifs is 1. The number of esters is 1. The second-order valence-corrected chi connectivity index (χ2v) is 4.04. The summed E-state index contributed by atoms with van der Waals surface area (Å²) in [5, 5.41) is 1.79. The molecule has 1 aromatic carbocycles. The van der Waals surface area contributed by atoms with E-state index in [4.69, 9.17) is 27.9 Å². The molecule has 3 nitrogen and oxygen atoms in total. The van der Waals surface area contributed by atoms with E-state index in [1.807, 2.05) is 0 Å². The molecule has 0 bridgehead atoms. The average molecular weight is 258 g/mol. The standard InChI is InChI=1S/C11H9Cl2NO2/c1-2-16-11(15)9-5-6-7(12)3-4-8(13)10(6)14-9/h3-5,14H,2H2,1H3. The number of ether oxygens (including phenoxy) is 1. The molecule has 0 spiro atoms. The molecule has 0 saturated carbocycles. The molecule has 0 unspecified atom stereocenters. The van der Waals surface area contributed by atoms with Gasteiger partial charge in [-0.15, -0.1) is 0 Å². The maximum atomic E-state index is 11.5. The van der Waals surface area contributed by atoms with Gasteiger partial charge in [0.15, 0.2) is 0 Å². The summed E-state index contributed by atoms with van der Waals surface area (Å²) in [5.74, 6) is -0.411. The van der Waals surface area contributed by atoms with Gasteiger partial charge in [-0.1, -0.05) is 23.2 Å². The van der Waals surface area contributed by atoms with E-state index >= 15 is 0 Å². The van der Waals surface area contributed by atoms with Crippen LogP contribution in [0.1, 0.15) is 17.4 Å². The lowest BCUT2D eigenvalue weighted by Gasteiger charge is -1.97. The van der Waals surface area contributed by atoms with E-state index < -0.39 is 5.97 Å². The van der Waals surface area contributed by atoms with Gasteiger partial charge in [0.2, 0.25) is 0 Å². The zero-order chi connectivity index (χ0) is 11.7. The van der Waals surface area contributed by atoms with E-state index in [-0.39, 0.29) is 0 Å². The Morgan fingerprint density at radius 2 is 2.06 bits per heavy atom. The van der Waals surface area contributed by atoms with E-state index in [0.29, 0.717) is 27.9 Å². The number of carbonyl (C=O) groups excluding carboxylic acids is 1. The van der Waals surface area contributed by atoms with Gasteiger partial charge in [0.25, 0.3) is 0 Å². The number of nitrogens with one attached hydrogen (secondary N) is 1. The fourth-order valence-corrected chi connectivity index (χ4v) is 1.89. The molecule has 1 N–H and O–H groups in total. The monoisotopic (exact) mass is 257 g/mol. The van der Waals surface area contributed by atoms with E-state index in [1.165, 1.54) is 0 Å². The first-order valence-corrected chi connectivity index (χ1v) is 5.53. The highest BCUT2D eigenvalue weighted by Gasteiger charge is 2.13. The van der Waals surface area contributed by atoms with Crippen LogP contribution >= 0.6 is 23.2 Å². The molecule has 2 rings (SSSR count). The first kappa shape index (κ1) is 11.3. The SMILES string of the molecule is CCOC(=O)c1cc2c(Cl)ccc(Cl)c2[nH]1. The number of halogens is 2. The van der Waals surface area contributed by atoms with Crippen LogP contribution in [0.2, 0.25) is 10.0 Å². The van der Waals surface area contributed by atoms with Gasteiger partial charge in [-0.3, -0.25) is 0 Å². The highest BCUT2D eigenvalue weighted by atomic mass is 35.5. The third kappa shape index (κ3) is 1.88. The fraction of sp³-hybridized carbons (Fsp3) is 0.182. The Hall–Kier alpha value is -1.19. The van der Waals surface area contributed by atoms with Gasteiger partial charge in [0, 0.05) is 5.39 Å². The molecule has 1 aromatic heterocycles. The molecule has 0 aliphatic heterocycles. The lowest BCUT2D eigenvalue weighted by atomic mass is 10.2. The molecule has 0 saturated heterocycles. The van der Waals surface area contributed by atoms with Crippen LogP contribution in [0.15, 0.2) is 18.2 Å². The van der Waals surface area contributed by atoms with Crippen LogP contribution in [0.25, 0.3) is 10.9 Å². The van der Waals surface area contributed by atoms with Crippen LogP contribution in [0, 0.1) is 0 Å². The lowest BCUT2D eigenvalue weighted by Crippen LogP contribution is -2.04. The highest BCUT2D eigenvalue weighted by Crippen LogP contribution is 2.30. The van der Waals surface area contributed by atoms with Crippen LogP contribution in [0.4, 0.5) is 0 Å². The minimum atomic E-state index is -0.411. The van der Waals surface area contributed by atoms with Crippen molar-refractivity contribution >= 4 is 40.1 Å². The Bertz CT molecular complexity index is 509. The van der Waals surface area contributed by atoms with Crippen molar-refractivity contribution < 1.29 is 9.53 Å². The molecule has 0 aliphatic rings. The van der Waals surface area contributed by atoms with Crippen molar-refractivity contribution in [2.45, 2.75) is 6.92 Å². The van der Waals surface area contributed by atoms with Gasteiger partial charge < -0.3 is 9.72 Å². The third-order valence-corrected chi connectivity index (χ3v) is 2.83. The Morgan fingerprint density at radius 1 is 1.38 bits per heavy atom. The molecule has 5 heteroatoms.